The predicted molar refractivity (Wildman–Crippen MR) is 106 cm³/mol. The molecule has 0 aliphatic heterocycles. The molecule has 0 aliphatic rings. The van der Waals surface area contributed by atoms with Gasteiger partial charge < -0.3 is 9.47 Å². The van der Waals surface area contributed by atoms with Crippen molar-refractivity contribution < 1.29 is 9.47 Å². The Hall–Kier alpha value is -3.41. The Labute approximate surface area is 158 Å². The second-order valence-corrected chi connectivity index (χ2v) is 6.03. The van der Waals surface area contributed by atoms with E-state index in [0.717, 1.165) is 22.5 Å². The number of nitrogens with one attached hydrogen (secondary N) is 1. The maximum absolute atomic E-state index is 5.86. The number of aromatic nitrogens is 2. The Bertz CT molecular complexity index is 906. The lowest BCUT2D eigenvalue weighted by Gasteiger charge is -2.11. The molecule has 138 valence electrons. The lowest BCUT2D eigenvalue weighted by atomic mass is 10.2. The highest BCUT2D eigenvalue weighted by atomic mass is 16.5. The van der Waals surface area contributed by atoms with Gasteiger partial charge in [-0.2, -0.15) is 5.10 Å². The van der Waals surface area contributed by atoms with Crippen molar-refractivity contribution in [3.8, 4) is 11.5 Å². The van der Waals surface area contributed by atoms with E-state index in [-0.39, 0.29) is 0 Å². The molecule has 1 aromatic heterocycles. The summed E-state index contributed by atoms with van der Waals surface area (Å²) in [6.45, 7) is 4.32. The molecule has 3 aromatic rings. The van der Waals surface area contributed by atoms with Crippen molar-refractivity contribution in [2.24, 2.45) is 5.10 Å². The second kappa shape index (κ2) is 8.80. The first-order chi connectivity index (χ1) is 13.1. The van der Waals surface area contributed by atoms with Crippen LogP contribution in [0, 0.1) is 13.8 Å². The highest BCUT2D eigenvalue weighted by Gasteiger charge is 2.06. The number of ether oxygens (including phenoxy) is 2. The van der Waals surface area contributed by atoms with E-state index in [1.165, 1.54) is 0 Å². The molecule has 2 aromatic carbocycles. The van der Waals surface area contributed by atoms with Crippen molar-refractivity contribution in [2.75, 3.05) is 12.5 Å². The lowest BCUT2D eigenvalue weighted by molar-refractivity contribution is 0.284. The van der Waals surface area contributed by atoms with Crippen LogP contribution in [-0.4, -0.2) is 23.3 Å². The van der Waals surface area contributed by atoms with Gasteiger partial charge >= 0.3 is 0 Å². The minimum atomic E-state index is 0.471. The summed E-state index contributed by atoms with van der Waals surface area (Å²) in [6.07, 6.45) is 1.69. The predicted octanol–water partition coefficient (Wildman–Crippen LogP) is 4.13. The van der Waals surface area contributed by atoms with Crippen LogP contribution in [0.15, 0.2) is 59.7 Å². The first-order valence-corrected chi connectivity index (χ1v) is 8.60. The van der Waals surface area contributed by atoms with Gasteiger partial charge in [-0.25, -0.2) is 15.4 Å². The molecular formula is C21H22N4O2. The third-order valence-electron chi connectivity index (χ3n) is 3.79. The number of hydrogen-bond acceptors (Lipinski definition) is 6. The maximum atomic E-state index is 5.86. The molecule has 6 nitrogen and oxygen atoms in total. The van der Waals surface area contributed by atoms with Gasteiger partial charge in [0, 0.05) is 11.4 Å². The number of benzene rings is 2. The van der Waals surface area contributed by atoms with Crippen molar-refractivity contribution in [1.82, 2.24) is 9.97 Å². The molecule has 0 radical (unpaired) electrons. The van der Waals surface area contributed by atoms with Crippen LogP contribution >= 0.6 is 0 Å². The second-order valence-electron chi connectivity index (χ2n) is 6.03. The van der Waals surface area contributed by atoms with E-state index in [1.54, 1.807) is 13.3 Å². The SMILES string of the molecule is COc1cc(/C=N/Nc2nc(C)cc(C)n2)ccc1OCc1ccccc1. The first kappa shape index (κ1) is 18.4. The van der Waals surface area contributed by atoms with E-state index in [1.807, 2.05) is 68.4 Å². The number of hydrazone groups is 1. The van der Waals surface area contributed by atoms with Crippen LogP contribution in [0.1, 0.15) is 22.5 Å². The molecule has 0 spiro atoms. The van der Waals surface area contributed by atoms with E-state index < -0.39 is 0 Å². The summed E-state index contributed by atoms with van der Waals surface area (Å²) in [4.78, 5) is 8.57. The highest BCUT2D eigenvalue weighted by molar-refractivity contribution is 5.81. The van der Waals surface area contributed by atoms with Gasteiger partial charge in [0.15, 0.2) is 11.5 Å². The smallest absolute Gasteiger partial charge is 0.243 e. The van der Waals surface area contributed by atoms with Crippen LogP contribution in [0.3, 0.4) is 0 Å². The van der Waals surface area contributed by atoms with E-state index in [0.29, 0.717) is 24.1 Å². The molecule has 0 bridgehead atoms. The fourth-order valence-corrected chi connectivity index (χ4v) is 2.56. The summed E-state index contributed by atoms with van der Waals surface area (Å²) in [7, 11) is 1.62. The van der Waals surface area contributed by atoms with Gasteiger partial charge in [0.05, 0.1) is 13.3 Å². The first-order valence-electron chi connectivity index (χ1n) is 8.60. The molecule has 6 heteroatoms. The van der Waals surface area contributed by atoms with Crippen molar-refractivity contribution >= 4 is 12.2 Å². The third-order valence-corrected chi connectivity index (χ3v) is 3.79. The Morgan fingerprint density at radius 3 is 2.41 bits per heavy atom. The zero-order chi connectivity index (χ0) is 19.1. The zero-order valence-electron chi connectivity index (χ0n) is 15.6. The molecule has 3 rings (SSSR count). The van der Waals surface area contributed by atoms with Crippen molar-refractivity contribution in [3.05, 3.63) is 77.1 Å². The van der Waals surface area contributed by atoms with E-state index in [9.17, 15) is 0 Å². The van der Waals surface area contributed by atoms with Crippen LogP contribution in [0.25, 0.3) is 0 Å². The molecular weight excluding hydrogens is 340 g/mol. The summed E-state index contributed by atoms with van der Waals surface area (Å²) in [5.41, 5.74) is 6.60. The quantitative estimate of drug-likeness (QED) is 0.506. The average Bonchev–Trinajstić information content (AvgIpc) is 2.67. The molecule has 1 N–H and O–H groups in total. The molecule has 0 fully saturated rings. The van der Waals surface area contributed by atoms with Gasteiger partial charge in [-0.3, -0.25) is 0 Å². The summed E-state index contributed by atoms with van der Waals surface area (Å²) in [5.74, 6) is 1.81. The number of hydrogen-bond donors (Lipinski definition) is 1. The number of nitrogens with zero attached hydrogens (tertiary/aromatic N) is 3. The number of anilines is 1. The largest absolute Gasteiger partial charge is 0.493 e. The van der Waals surface area contributed by atoms with Crippen LogP contribution in [-0.2, 0) is 6.61 Å². The Kier molecular flexibility index (Phi) is 5.99. The molecule has 0 amide bonds. The minimum absolute atomic E-state index is 0.471. The fourth-order valence-electron chi connectivity index (χ4n) is 2.56. The van der Waals surface area contributed by atoms with Crippen LogP contribution in [0.5, 0.6) is 11.5 Å². The van der Waals surface area contributed by atoms with Crippen LogP contribution in [0.4, 0.5) is 5.95 Å². The van der Waals surface area contributed by atoms with Crippen molar-refractivity contribution in [2.45, 2.75) is 20.5 Å². The van der Waals surface area contributed by atoms with Crippen LogP contribution < -0.4 is 14.9 Å². The number of methoxy groups -OCH3 is 1. The molecule has 0 saturated heterocycles. The van der Waals surface area contributed by atoms with Crippen molar-refractivity contribution in [1.29, 1.82) is 0 Å². The zero-order valence-corrected chi connectivity index (χ0v) is 15.6. The number of aryl methyl sites for hydroxylation is 2. The Morgan fingerprint density at radius 2 is 1.70 bits per heavy atom. The van der Waals surface area contributed by atoms with E-state index >= 15 is 0 Å². The Morgan fingerprint density at radius 1 is 0.963 bits per heavy atom. The van der Waals surface area contributed by atoms with Gasteiger partial charge in [0.1, 0.15) is 6.61 Å². The molecule has 0 saturated carbocycles. The van der Waals surface area contributed by atoms with Crippen LogP contribution in [0.2, 0.25) is 0 Å². The van der Waals surface area contributed by atoms with Gasteiger partial charge in [0.2, 0.25) is 5.95 Å². The average molecular weight is 362 g/mol. The lowest BCUT2D eigenvalue weighted by Crippen LogP contribution is -2.00. The maximum Gasteiger partial charge on any atom is 0.243 e. The Balaban J connectivity index is 1.66. The monoisotopic (exact) mass is 362 g/mol. The molecule has 0 aliphatic carbocycles. The van der Waals surface area contributed by atoms with Gasteiger partial charge in [-0.05, 0) is 49.2 Å². The highest BCUT2D eigenvalue weighted by Crippen LogP contribution is 2.28. The molecule has 0 atom stereocenters. The van der Waals surface area contributed by atoms with Gasteiger partial charge in [-0.15, -0.1) is 0 Å². The third kappa shape index (κ3) is 5.28. The summed E-state index contributed by atoms with van der Waals surface area (Å²) < 4.78 is 11.3. The van der Waals surface area contributed by atoms with Gasteiger partial charge in [0.25, 0.3) is 0 Å². The minimum Gasteiger partial charge on any atom is -0.493 e. The fraction of sp³-hybridized carbons (Fsp3) is 0.190. The van der Waals surface area contributed by atoms with E-state index in [4.69, 9.17) is 9.47 Å². The molecule has 27 heavy (non-hydrogen) atoms. The topological polar surface area (TPSA) is 68.6 Å². The molecule has 1 heterocycles. The summed E-state index contributed by atoms with van der Waals surface area (Å²) in [6, 6.07) is 17.6. The number of rotatable bonds is 7. The van der Waals surface area contributed by atoms with Gasteiger partial charge in [-0.1, -0.05) is 30.3 Å². The standard InChI is InChI=1S/C21H22N4O2/c1-15-11-16(2)24-21(23-15)25-22-13-18-9-10-19(20(12-18)26-3)27-14-17-7-5-4-6-8-17/h4-13H,14H2,1-3H3,(H,23,24,25)/b22-13+. The van der Waals surface area contributed by atoms with E-state index in [2.05, 4.69) is 20.5 Å². The normalized spacial score (nSPS) is 10.8. The molecule has 0 unspecified atom stereocenters. The summed E-state index contributed by atoms with van der Waals surface area (Å²) >= 11 is 0. The summed E-state index contributed by atoms with van der Waals surface area (Å²) in [5, 5.41) is 4.20. The van der Waals surface area contributed by atoms with Crippen molar-refractivity contribution in [3.63, 3.8) is 0 Å².